The highest BCUT2D eigenvalue weighted by molar-refractivity contribution is 7.14. The minimum absolute atomic E-state index is 0.0836. The van der Waals surface area contributed by atoms with Crippen LogP contribution in [0.3, 0.4) is 0 Å². The van der Waals surface area contributed by atoms with Crippen LogP contribution in [-0.4, -0.2) is 27.0 Å². The molecular weight excluding hydrogens is 334 g/mol. The Morgan fingerprint density at radius 2 is 2.21 bits per heavy atom. The van der Waals surface area contributed by atoms with Crippen LogP contribution in [0.15, 0.2) is 32.6 Å². The summed E-state index contributed by atoms with van der Waals surface area (Å²) in [5, 5.41) is 14.8. The maximum Gasteiger partial charge on any atom is 0.293 e. The third-order valence-electron chi connectivity index (χ3n) is 2.86. The summed E-state index contributed by atoms with van der Waals surface area (Å²) < 4.78 is 10.2. The van der Waals surface area contributed by atoms with E-state index in [1.165, 1.54) is 17.6 Å². The molecule has 0 aliphatic carbocycles. The molecule has 2 amide bonds. The van der Waals surface area contributed by atoms with Gasteiger partial charge in [-0.15, -0.1) is 21.5 Å². The van der Waals surface area contributed by atoms with Crippen molar-refractivity contribution in [2.24, 2.45) is 0 Å². The second kappa shape index (κ2) is 7.04. The van der Waals surface area contributed by atoms with Crippen molar-refractivity contribution in [1.29, 1.82) is 0 Å². The molecule has 0 unspecified atom stereocenters. The summed E-state index contributed by atoms with van der Waals surface area (Å²) in [5.74, 6) is 0.345. The van der Waals surface area contributed by atoms with Crippen molar-refractivity contribution in [2.45, 2.75) is 19.9 Å². The van der Waals surface area contributed by atoms with Crippen LogP contribution >= 0.6 is 11.3 Å². The number of furan rings is 1. The molecule has 0 aliphatic heterocycles. The molecule has 3 rings (SSSR count). The number of carbonyl (C=O) groups excluding carboxylic acids is 2. The van der Waals surface area contributed by atoms with Gasteiger partial charge in [-0.2, -0.15) is 0 Å². The monoisotopic (exact) mass is 347 g/mol. The van der Waals surface area contributed by atoms with Gasteiger partial charge in [0.25, 0.3) is 5.91 Å². The summed E-state index contributed by atoms with van der Waals surface area (Å²) in [7, 11) is 0. The predicted octanol–water partition coefficient (Wildman–Crippen LogP) is 1.54. The van der Waals surface area contributed by atoms with Crippen LogP contribution in [0.4, 0.5) is 5.13 Å². The van der Waals surface area contributed by atoms with Crippen LogP contribution in [0.25, 0.3) is 0 Å². The molecule has 9 nitrogen and oxygen atoms in total. The van der Waals surface area contributed by atoms with Gasteiger partial charge < -0.3 is 14.2 Å². The number of hydrogen-bond acceptors (Lipinski definition) is 8. The van der Waals surface area contributed by atoms with Gasteiger partial charge in [0, 0.05) is 12.3 Å². The van der Waals surface area contributed by atoms with E-state index in [1.54, 1.807) is 24.4 Å². The molecule has 2 N–H and O–H groups in total. The zero-order valence-corrected chi connectivity index (χ0v) is 13.4. The van der Waals surface area contributed by atoms with E-state index in [0.29, 0.717) is 22.6 Å². The van der Waals surface area contributed by atoms with Crippen LogP contribution in [0.5, 0.6) is 0 Å². The lowest BCUT2D eigenvalue weighted by Crippen LogP contribution is -2.24. The van der Waals surface area contributed by atoms with E-state index in [1.807, 2.05) is 0 Å². The summed E-state index contributed by atoms with van der Waals surface area (Å²) in [6.45, 7) is 1.83. The number of nitrogens with one attached hydrogen (secondary N) is 2. The number of aryl methyl sites for hydroxylation is 1. The Bertz CT molecular complexity index is 839. The van der Waals surface area contributed by atoms with E-state index < -0.39 is 5.91 Å². The predicted molar refractivity (Wildman–Crippen MR) is 83.4 cm³/mol. The smallest absolute Gasteiger partial charge is 0.293 e. The largest absolute Gasteiger partial charge is 0.459 e. The summed E-state index contributed by atoms with van der Waals surface area (Å²) in [6, 6.07) is 3.17. The molecule has 0 saturated carbocycles. The molecule has 0 bridgehead atoms. The highest BCUT2D eigenvalue weighted by atomic mass is 32.1. The SMILES string of the molecule is Cc1nnc(CNC(=O)Cc2csc(NC(=O)c3ccco3)n2)o1. The average molecular weight is 347 g/mol. The van der Waals surface area contributed by atoms with Crippen LogP contribution in [0.1, 0.15) is 28.0 Å². The molecule has 0 radical (unpaired) electrons. The number of anilines is 1. The lowest BCUT2D eigenvalue weighted by Gasteiger charge is -2.00. The van der Waals surface area contributed by atoms with E-state index in [0.717, 1.165) is 0 Å². The first-order valence-corrected chi connectivity index (χ1v) is 7.83. The zero-order valence-electron chi connectivity index (χ0n) is 12.6. The Kier molecular flexibility index (Phi) is 4.66. The van der Waals surface area contributed by atoms with Crippen molar-refractivity contribution in [3.8, 4) is 0 Å². The fourth-order valence-corrected chi connectivity index (χ4v) is 2.53. The Morgan fingerprint density at radius 1 is 1.33 bits per heavy atom. The molecule has 0 aliphatic rings. The van der Waals surface area contributed by atoms with Crippen LogP contribution in [0.2, 0.25) is 0 Å². The van der Waals surface area contributed by atoms with E-state index in [-0.39, 0.29) is 24.6 Å². The fraction of sp³-hybridized carbons (Fsp3) is 0.214. The minimum Gasteiger partial charge on any atom is -0.459 e. The number of aromatic nitrogens is 3. The second-order valence-corrected chi connectivity index (χ2v) is 5.60. The van der Waals surface area contributed by atoms with Gasteiger partial charge >= 0.3 is 0 Å². The van der Waals surface area contributed by atoms with Gasteiger partial charge in [0.1, 0.15) is 0 Å². The van der Waals surface area contributed by atoms with E-state index in [4.69, 9.17) is 8.83 Å². The van der Waals surface area contributed by atoms with Gasteiger partial charge in [0.2, 0.25) is 17.7 Å². The maximum absolute atomic E-state index is 11.9. The molecule has 3 aromatic heterocycles. The van der Waals surface area contributed by atoms with E-state index in [9.17, 15) is 9.59 Å². The van der Waals surface area contributed by atoms with Gasteiger partial charge in [0.05, 0.1) is 24.9 Å². The summed E-state index contributed by atoms with van der Waals surface area (Å²) >= 11 is 1.23. The maximum atomic E-state index is 11.9. The van der Waals surface area contributed by atoms with Crippen molar-refractivity contribution < 1.29 is 18.4 Å². The summed E-state index contributed by atoms with van der Waals surface area (Å²) in [5.41, 5.74) is 0.550. The third-order valence-corrected chi connectivity index (χ3v) is 3.67. The van der Waals surface area contributed by atoms with Gasteiger partial charge in [0.15, 0.2) is 10.9 Å². The molecular formula is C14H13N5O4S. The number of rotatable bonds is 6. The van der Waals surface area contributed by atoms with Crippen molar-refractivity contribution in [3.05, 3.63) is 47.0 Å². The Hall–Kier alpha value is -3.01. The van der Waals surface area contributed by atoms with Gasteiger partial charge in [-0.1, -0.05) is 0 Å². The first-order chi connectivity index (χ1) is 11.6. The highest BCUT2D eigenvalue weighted by Gasteiger charge is 2.13. The van der Waals surface area contributed by atoms with Gasteiger partial charge in [-0.3, -0.25) is 14.9 Å². The van der Waals surface area contributed by atoms with Gasteiger partial charge in [-0.05, 0) is 12.1 Å². The molecule has 0 aromatic carbocycles. The quantitative estimate of drug-likeness (QED) is 0.693. The Morgan fingerprint density at radius 3 is 2.92 bits per heavy atom. The van der Waals surface area contributed by atoms with E-state index in [2.05, 4.69) is 25.8 Å². The first-order valence-electron chi connectivity index (χ1n) is 6.95. The average Bonchev–Trinajstić information content (AvgIpc) is 3.27. The van der Waals surface area contributed by atoms with Crippen molar-refractivity contribution in [3.63, 3.8) is 0 Å². The standard InChI is InChI=1S/C14H13N5O4S/c1-8-18-19-12(23-8)6-15-11(20)5-9-7-24-14(16-9)17-13(21)10-3-2-4-22-10/h2-4,7H,5-6H2,1H3,(H,15,20)(H,16,17,21). The topological polar surface area (TPSA) is 123 Å². The molecule has 10 heteroatoms. The molecule has 0 fully saturated rings. The van der Waals surface area contributed by atoms with Crippen molar-refractivity contribution in [1.82, 2.24) is 20.5 Å². The molecule has 0 atom stereocenters. The zero-order chi connectivity index (χ0) is 16.9. The fourth-order valence-electron chi connectivity index (χ4n) is 1.82. The van der Waals surface area contributed by atoms with Crippen LogP contribution < -0.4 is 10.6 Å². The molecule has 124 valence electrons. The van der Waals surface area contributed by atoms with Crippen LogP contribution in [-0.2, 0) is 17.8 Å². The number of thiazole rings is 1. The number of carbonyl (C=O) groups is 2. The van der Waals surface area contributed by atoms with E-state index >= 15 is 0 Å². The molecule has 0 spiro atoms. The highest BCUT2D eigenvalue weighted by Crippen LogP contribution is 2.17. The summed E-state index contributed by atoms with van der Waals surface area (Å²) in [4.78, 5) is 27.9. The van der Waals surface area contributed by atoms with Crippen molar-refractivity contribution in [2.75, 3.05) is 5.32 Å². The first kappa shape index (κ1) is 15.9. The van der Waals surface area contributed by atoms with Gasteiger partial charge in [-0.25, -0.2) is 4.98 Å². The summed E-state index contributed by atoms with van der Waals surface area (Å²) in [6.07, 6.45) is 1.50. The molecule has 0 saturated heterocycles. The Balaban J connectivity index is 1.50. The minimum atomic E-state index is -0.392. The Labute approximate surface area is 140 Å². The van der Waals surface area contributed by atoms with Crippen LogP contribution in [0, 0.1) is 6.92 Å². The lowest BCUT2D eigenvalue weighted by molar-refractivity contribution is -0.120. The second-order valence-electron chi connectivity index (χ2n) is 4.74. The molecule has 24 heavy (non-hydrogen) atoms. The number of nitrogens with zero attached hydrogens (tertiary/aromatic N) is 3. The lowest BCUT2D eigenvalue weighted by atomic mass is 10.3. The third kappa shape index (κ3) is 4.04. The van der Waals surface area contributed by atoms with Crippen molar-refractivity contribution >= 4 is 28.3 Å². The molecule has 3 aromatic rings. The normalized spacial score (nSPS) is 10.5. The number of amides is 2. The molecule has 3 heterocycles. The number of hydrogen-bond donors (Lipinski definition) is 2.